The predicted octanol–water partition coefficient (Wildman–Crippen LogP) is -4.27. The Balaban J connectivity index is 5.06. The van der Waals surface area contributed by atoms with E-state index in [9.17, 15) is 29.1 Å². The Hall–Kier alpha value is -3.07. The number of primary amides is 1. The number of aliphatic imine (C=N–C) groups is 1. The van der Waals surface area contributed by atoms with Gasteiger partial charge in [0.25, 0.3) is 0 Å². The lowest BCUT2D eigenvalue weighted by molar-refractivity contribution is -0.142. The zero-order valence-electron chi connectivity index (χ0n) is 16.9. The first-order valence-corrected chi connectivity index (χ1v) is 9.92. The van der Waals surface area contributed by atoms with Crippen molar-refractivity contribution in [3.63, 3.8) is 0 Å². The highest BCUT2D eigenvalue weighted by Crippen LogP contribution is 2.02. The van der Waals surface area contributed by atoms with Gasteiger partial charge in [0, 0.05) is 18.7 Å². The Bertz CT molecular complexity index is 685. The van der Waals surface area contributed by atoms with Crippen molar-refractivity contribution < 1.29 is 29.1 Å². The van der Waals surface area contributed by atoms with Crippen molar-refractivity contribution in [2.75, 3.05) is 18.8 Å². The molecule has 0 aromatic carbocycles. The summed E-state index contributed by atoms with van der Waals surface area (Å²) in [4.78, 5) is 62.6. The maximum Gasteiger partial charge on any atom is 0.326 e. The third-order valence-electron chi connectivity index (χ3n) is 3.89. The molecule has 15 heteroatoms. The van der Waals surface area contributed by atoms with E-state index in [1.165, 1.54) is 0 Å². The van der Waals surface area contributed by atoms with Gasteiger partial charge in [-0.2, -0.15) is 12.6 Å². The number of nitrogens with two attached hydrogens (primary N) is 4. The summed E-state index contributed by atoms with van der Waals surface area (Å²) in [5, 5.41) is 16.3. The second-order valence-corrected chi connectivity index (χ2v) is 6.79. The number of carboxylic acid groups (broad SMARTS) is 1. The van der Waals surface area contributed by atoms with Gasteiger partial charge in [-0.1, -0.05) is 0 Å². The number of hydrogen-bond acceptors (Lipinski definition) is 8. The van der Waals surface area contributed by atoms with E-state index in [-0.39, 0.29) is 43.9 Å². The van der Waals surface area contributed by atoms with Gasteiger partial charge >= 0.3 is 5.97 Å². The van der Waals surface area contributed by atoms with Crippen LogP contribution in [0.5, 0.6) is 0 Å². The van der Waals surface area contributed by atoms with Crippen molar-refractivity contribution in [1.82, 2.24) is 16.0 Å². The Kier molecular flexibility index (Phi) is 13.4. The lowest BCUT2D eigenvalue weighted by atomic mass is 10.1. The van der Waals surface area contributed by atoms with Gasteiger partial charge in [-0.05, 0) is 19.3 Å². The lowest BCUT2D eigenvalue weighted by Gasteiger charge is -2.23. The summed E-state index contributed by atoms with van der Waals surface area (Å²) in [6.07, 6.45) is 0.0141. The fraction of sp³-hybridized carbons (Fsp3) is 0.625. The zero-order valence-corrected chi connectivity index (χ0v) is 17.8. The highest BCUT2D eigenvalue weighted by molar-refractivity contribution is 7.80. The van der Waals surface area contributed by atoms with E-state index in [0.717, 1.165) is 0 Å². The third kappa shape index (κ3) is 12.3. The number of thiol groups is 1. The first-order valence-electron chi connectivity index (χ1n) is 9.29. The van der Waals surface area contributed by atoms with Gasteiger partial charge in [-0.15, -0.1) is 0 Å². The van der Waals surface area contributed by atoms with Crippen LogP contribution in [0.4, 0.5) is 0 Å². The molecule has 0 spiro atoms. The van der Waals surface area contributed by atoms with Crippen molar-refractivity contribution in [2.24, 2.45) is 27.9 Å². The molecule has 0 bridgehead atoms. The van der Waals surface area contributed by atoms with Gasteiger partial charge in [0.1, 0.15) is 18.1 Å². The van der Waals surface area contributed by atoms with E-state index in [4.69, 9.17) is 22.9 Å². The molecule has 0 heterocycles. The van der Waals surface area contributed by atoms with Crippen LogP contribution >= 0.6 is 12.6 Å². The molecule has 31 heavy (non-hydrogen) atoms. The third-order valence-corrected chi connectivity index (χ3v) is 4.26. The van der Waals surface area contributed by atoms with Crippen molar-refractivity contribution in [2.45, 2.75) is 43.8 Å². The molecule has 12 N–H and O–H groups in total. The lowest BCUT2D eigenvalue weighted by Crippen LogP contribution is -2.57. The molecule has 4 amide bonds. The van der Waals surface area contributed by atoms with Crippen molar-refractivity contribution in [1.29, 1.82) is 0 Å². The van der Waals surface area contributed by atoms with Crippen LogP contribution in [0.1, 0.15) is 25.7 Å². The number of nitrogens with one attached hydrogen (secondary N) is 3. The van der Waals surface area contributed by atoms with Crippen LogP contribution in [0.2, 0.25) is 0 Å². The summed E-state index contributed by atoms with van der Waals surface area (Å²) < 4.78 is 0. The smallest absolute Gasteiger partial charge is 0.326 e. The summed E-state index contributed by atoms with van der Waals surface area (Å²) in [7, 11) is 0. The minimum absolute atomic E-state index is 0.0406. The minimum atomic E-state index is -1.28. The molecular weight excluding hydrogens is 432 g/mol. The average molecular weight is 463 g/mol. The van der Waals surface area contributed by atoms with Crippen molar-refractivity contribution in [3.05, 3.63) is 0 Å². The summed E-state index contributed by atoms with van der Waals surface area (Å²) in [6.45, 7) is -0.214. The van der Waals surface area contributed by atoms with Crippen LogP contribution in [0.25, 0.3) is 0 Å². The van der Waals surface area contributed by atoms with E-state index in [1.54, 1.807) is 0 Å². The number of carbonyl (C=O) groups excluding carboxylic acids is 4. The van der Waals surface area contributed by atoms with Gasteiger partial charge in [-0.3, -0.25) is 24.2 Å². The number of amides is 4. The number of hydrogen-bond donors (Lipinski definition) is 9. The molecule has 14 nitrogen and oxygen atoms in total. The quantitative estimate of drug-likeness (QED) is 0.0493. The number of carbonyl (C=O) groups is 5. The van der Waals surface area contributed by atoms with Gasteiger partial charge in [0.2, 0.25) is 23.6 Å². The molecule has 0 fully saturated rings. The number of carboxylic acids is 1. The van der Waals surface area contributed by atoms with Crippen LogP contribution in [0.3, 0.4) is 0 Å². The highest BCUT2D eigenvalue weighted by atomic mass is 32.1. The van der Waals surface area contributed by atoms with E-state index in [1.807, 2.05) is 0 Å². The Morgan fingerprint density at radius 3 is 1.97 bits per heavy atom. The topological polar surface area (TPSA) is 258 Å². The highest BCUT2D eigenvalue weighted by Gasteiger charge is 2.28. The van der Waals surface area contributed by atoms with Gasteiger partial charge in [0.15, 0.2) is 5.96 Å². The molecule has 0 aromatic heterocycles. The Morgan fingerprint density at radius 2 is 1.48 bits per heavy atom. The Labute approximate surface area is 184 Å². The van der Waals surface area contributed by atoms with Gasteiger partial charge < -0.3 is 44.0 Å². The first-order chi connectivity index (χ1) is 14.5. The molecular formula is C16H30N8O6S. The monoisotopic (exact) mass is 462 g/mol. The molecule has 3 atom stereocenters. The first kappa shape index (κ1) is 27.9. The molecule has 0 aliphatic rings. The summed E-state index contributed by atoms with van der Waals surface area (Å²) >= 11 is 4.00. The largest absolute Gasteiger partial charge is 0.480 e. The van der Waals surface area contributed by atoms with Gasteiger partial charge in [0.05, 0.1) is 6.54 Å². The van der Waals surface area contributed by atoms with Crippen LogP contribution in [-0.4, -0.2) is 77.6 Å². The van der Waals surface area contributed by atoms with Gasteiger partial charge in [-0.25, -0.2) is 4.79 Å². The number of aliphatic carboxylic acids is 1. The molecule has 176 valence electrons. The molecule has 0 saturated carbocycles. The number of rotatable bonds is 15. The zero-order chi connectivity index (χ0) is 24.0. The second-order valence-electron chi connectivity index (χ2n) is 6.42. The van der Waals surface area contributed by atoms with Crippen molar-refractivity contribution >= 4 is 48.2 Å². The summed E-state index contributed by atoms with van der Waals surface area (Å²) in [5.41, 5.74) is 20.7. The van der Waals surface area contributed by atoms with E-state index in [2.05, 4.69) is 33.6 Å². The molecule has 0 aliphatic carbocycles. The fourth-order valence-electron chi connectivity index (χ4n) is 2.31. The average Bonchev–Trinajstić information content (AvgIpc) is 2.70. The number of nitrogens with zero attached hydrogens (tertiary/aromatic N) is 1. The van der Waals surface area contributed by atoms with Crippen LogP contribution in [0, 0.1) is 0 Å². The minimum Gasteiger partial charge on any atom is -0.480 e. The molecule has 0 aromatic rings. The fourth-order valence-corrected chi connectivity index (χ4v) is 2.57. The standard InChI is InChI=1S/C16H30N8O6S/c17-6-12(26)22-8(3-4-11(18)25)13(27)24-10(7-31)14(28)23-9(15(29)30)2-1-5-21-16(19)20/h8-10,31H,1-7,17H2,(H2,18,25)(H,22,26)(H,23,28)(H,24,27)(H,29,30)(H4,19,20,21). The molecule has 3 unspecified atom stereocenters. The molecule has 0 rings (SSSR count). The normalized spacial score (nSPS) is 13.2. The molecule has 0 saturated heterocycles. The van der Waals surface area contributed by atoms with E-state index >= 15 is 0 Å². The van der Waals surface area contributed by atoms with Crippen LogP contribution < -0.4 is 38.9 Å². The van der Waals surface area contributed by atoms with E-state index in [0.29, 0.717) is 0 Å². The van der Waals surface area contributed by atoms with Crippen LogP contribution in [0.15, 0.2) is 4.99 Å². The second kappa shape index (κ2) is 14.8. The molecule has 0 radical (unpaired) electrons. The number of guanidine groups is 1. The predicted molar refractivity (Wildman–Crippen MR) is 115 cm³/mol. The maximum absolute atomic E-state index is 12.5. The van der Waals surface area contributed by atoms with E-state index < -0.39 is 54.3 Å². The maximum atomic E-state index is 12.5. The summed E-state index contributed by atoms with van der Waals surface area (Å²) in [5.74, 6) is -4.49. The molecule has 0 aliphatic heterocycles. The van der Waals surface area contributed by atoms with Crippen LogP contribution in [-0.2, 0) is 24.0 Å². The SMILES string of the molecule is NCC(=O)NC(CCC(N)=O)C(=O)NC(CS)C(=O)NC(CCCN=C(N)N)C(=O)O. The Morgan fingerprint density at radius 1 is 0.903 bits per heavy atom. The summed E-state index contributed by atoms with van der Waals surface area (Å²) in [6, 6.07) is -3.63. The van der Waals surface area contributed by atoms with Crippen molar-refractivity contribution in [3.8, 4) is 0 Å².